The van der Waals surface area contributed by atoms with Crippen LogP contribution in [-0.2, 0) is 14.3 Å². The van der Waals surface area contributed by atoms with E-state index >= 15 is 0 Å². The second-order valence-electron chi connectivity index (χ2n) is 12.5. The molecule has 4 N–H and O–H groups in total. The van der Waals surface area contributed by atoms with E-state index in [-0.39, 0.29) is 23.8 Å². The van der Waals surface area contributed by atoms with E-state index in [2.05, 4.69) is 20.9 Å². The third-order valence-electron chi connectivity index (χ3n) is 6.53. The number of carbonyl (C=O) groups is 3. The fourth-order valence-electron chi connectivity index (χ4n) is 4.67. The Morgan fingerprint density at radius 2 is 1.60 bits per heavy atom. The molecule has 1 saturated heterocycles. The number of nitrogens with zero attached hydrogens (tertiary/aromatic N) is 1. The minimum absolute atomic E-state index is 0.0977. The Morgan fingerprint density at radius 1 is 0.929 bits per heavy atom. The number of para-hydroxylation sites is 1. The van der Waals surface area contributed by atoms with E-state index in [1.807, 2.05) is 39.0 Å². The summed E-state index contributed by atoms with van der Waals surface area (Å²) < 4.78 is 10.7. The average molecular weight is 580 g/mol. The first-order valence-corrected chi connectivity index (χ1v) is 14.5. The van der Waals surface area contributed by atoms with E-state index in [1.54, 1.807) is 51.1 Å². The van der Waals surface area contributed by atoms with Crippen molar-refractivity contribution in [3.05, 3.63) is 59.7 Å². The molecule has 1 aliphatic heterocycles. The predicted octanol–water partition coefficient (Wildman–Crippen LogP) is 5.79. The molecule has 2 aromatic carbocycles. The molecule has 228 valence electrons. The lowest BCUT2D eigenvalue weighted by molar-refractivity contribution is -0.155. The van der Waals surface area contributed by atoms with Gasteiger partial charge in [-0.2, -0.15) is 0 Å². The number of esters is 1. The molecule has 0 bridgehead atoms. The second kappa shape index (κ2) is 14.3. The molecular weight excluding hydrogens is 534 g/mol. The summed E-state index contributed by atoms with van der Waals surface area (Å²) in [6, 6.07) is 14.3. The number of likely N-dealkylation sites (tertiary alicyclic amines) is 1. The number of hydrogen-bond donors (Lipinski definition) is 4. The zero-order chi connectivity index (χ0) is 30.9. The largest absolute Gasteiger partial charge is 0.460 e. The summed E-state index contributed by atoms with van der Waals surface area (Å²) >= 11 is 0. The smallest absolute Gasteiger partial charge is 0.413 e. The standard InChI is InChI=1S/C32H45N5O5/c1-31(2,3)41-27(38)18-20-37-19-10-9-11-24(37)21-34-26-13-8-7-12-25(26)29(39)35-23-16-14-22(15-17-23)28(33)36-30(40)42-32(4,5)6/h7-8,12-17,24,34H,9-11,18-21H2,1-6H3,(H,35,39)(H2,33,36,40). The number of ether oxygens (including phenoxy) is 2. The van der Waals surface area contributed by atoms with E-state index in [9.17, 15) is 14.4 Å². The van der Waals surface area contributed by atoms with Crippen LogP contribution in [0.2, 0.25) is 0 Å². The molecule has 0 aliphatic carbocycles. The molecule has 0 radical (unpaired) electrons. The highest BCUT2D eigenvalue weighted by molar-refractivity contribution is 6.08. The summed E-state index contributed by atoms with van der Waals surface area (Å²) in [6.45, 7) is 13.1. The molecule has 1 heterocycles. The van der Waals surface area contributed by atoms with Gasteiger partial charge in [0.25, 0.3) is 5.91 Å². The Kier molecular flexibility index (Phi) is 11.1. The molecule has 3 rings (SSSR count). The number of anilines is 2. The van der Waals surface area contributed by atoms with Gasteiger partial charge >= 0.3 is 12.1 Å². The minimum atomic E-state index is -0.701. The molecule has 10 heteroatoms. The van der Waals surface area contributed by atoms with Crippen LogP contribution in [-0.4, -0.2) is 65.6 Å². The van der Waals surface area contributed by atoms with Crippen molar-refractivity contribution in [2.75, 3.05) is 30.3 Å². The first-order valence-electron chi connectivity index (χ1n) is 14.5. The topological polar surface area (TPSA) is 133 Å². The SMILES string of the molecule is CC(C)(C)OC(=O)CCN1CCCCC1CNc1ccccc1C(=O)Nc1ccc(C(=N)NC(=O)OC(C)(C)C)cc1. The maximum atomic E-state index is 13.2. The highest BCUT2D eigenvalue weighted by Gasteiger charge is 2.25. The number of alkyl carbamates (subject to hydrolysis) is 1. The van der Waals surface area contributed by atoms with Crippen molar-refractivity contribution in [2.24, 2.45) is 0 Å². The normalized spacial score (nSPS) is 15.8. The Bertz CT molecular complexity index is 1250. The van der Waals surface area contributed by atoms with Crippen LogP contribution in [0.3, 0.4) is 0 Å². The minimum Gasteiger partial charge on any atom is -0.460 e. The van der Waals surface area contributed by atoms with Gasteiger partial charge in [0.05, 0.1) is 12.0 Å². The number of hydrogen-bond acceptors (Lipinski definition) is 8. The van der Waals surface area contributed by atoms with Crippen molar-refractivity contribution in [1.82, 2.24) is 10.2 Å². The number of piperidine rings is 1. The van der Waals surface area contributed by atoms with Crippen molar-refractivity contribution >= 4 is 35.2 Å². The van der Waals surface area contributed by atoms with Crippen LogP contribution in [0, 0.1) is 5.41 Å². The number of amidine groups is 1. The first kappa shape index (κ1) is 32.6. The summed E-state index contributed by atoms with van der Waals surface area (Å²) in [5.41, 5.74) is 1.12. The van der Waals surface area contributed by atoms with Crippen molar-refractivity contribution in [2.45, 2.75) is 84.5 Å². The van der Waals surface area contributed by atoms with Gasteiger partial charge in [-0.15, -0.1) is 0 Å². The zero-order valence-corrected chi connectivity index (χ0v) is 25.6. The van der Waals surface area contributed by atoms with E-state index in [0.29, 0.717) is 36.3 Å². The Labute approximate surface area is 249 Å². The predicted molar refractivity (Wildman–Crippen MR) is 165 cm³/mol. The van der Waals surface area contributed by atoms with Gasteiger partial charge in [0.1, 0.15) is 17.0 Å². The van der Waals surface area contributed by atoms with Crippen molar-refractivity contribution in [3.63, 3.8) is 0 Å². The van der Waals surface area contributed by atoms with Crippen molar-refractivity contribution in [1.29, 1.82) is 5.41 Å². The Hall–Kier alpha value is -3.92. The quantitative estimate of drug-likeness (QED) is 0.168. The fourth-order valence-corrected chi connectivity index (χ4v) is 4.67. The Morgan fingerprint density at radius 3 is 2.26 bits per heavy atom. The molecule has 1 unspecified atom stereocenters. The molecule has 1 aliphatic rings. The lowest BCUT2D eigenvalue weighted by Crippen LogP contribution is -2.44. The zero-order valence-electron chi connectivity index (χ0n) is 25.6. The highest BCUT2D eigenvalue weighted by atomic mass is 16.6. The van der Waals surface area contributed by atoms with Gasteiger partial charge in [0, 0.05) is 36.1 Å². The average Bonchev–Trinajstić information content (AvgIpc) is 2.89. The van der Waals surface area contributed by atoms with Gasteiger partial charge in [-0.05, 0) is 97.3 Å². The molecule has 10 nitrogen and oxygen atoms in total. The van der Waals surface area contributed by atoms with Gasteiger partial charge in [0.15, 0.2) is 0 Å². The molecule has 0 spiro atoms. The molecule has 0 aromatic heterocycles. The summed E-state index contributed by atoms with van der Waals surface area (Å²) in [5.74, 6) is -0.552. The number of benzene rings is 2. The lowest BCUT2D eigenvalue weighted by Gasteiger charge is -2.36. The van der Waals surface area contributed by atoms with Gasteiger partial charge in [0.2, 0.25) is 0 Å². The van der Waals surface area contributed by atoms with E-state index in [1.165, 1.54) is 0 Å². The van der Waals surface area contributed by atoms with Crippen LogP contribution < -0.4 is 16.0 Å². The van der Waals surface area contributed by atoms with Crippen LogP contribution in [0.1, 0.15) is 83.1 Å². The molecule has 1 fully saturated rings. The number of carbonyl (C=O) groups excluding carboxylic acids is 3. The fraction of sp³-hybridized carbons (Fsp3) is 0.500. The van der Waals surface area contributed by atoms with E-state index in [4.69, 9.17) is 14.9 Å². The van der Waals surface area contributed by atoms with Gasteiger partial charge < -0.3 is 20.1 Å². The van der Waals surface area contributed by atoms with Crippen LogP contribution in [0.5, 0.6) is 0 Å². The van der Waals surface area contributed by atoms with Crippen LogP contribution in [0.15, 0.2) is 48.5 Å². The number of amides is 2. The molecule has 1 atom stereocenters. The molecule has 0 saturated carbocycles. The maximum absolute atomic E-state index is 13.2. The van der Waals surface area contributed by atoms with Gasteiger partial charge in [-0.3, -0.25) is 25.2 Å². The monoisotopic (exact) mass is 579 g/mol. The van der Waals surface area contributed by atoms with E-state index in [0.717, 1.165) is 31.5 Å². The van der Waals surface area contributed by atoms with Gasteiger partial charge in [-0.1, -0.05) is 18.6 Å². The van der Waals surface area contributed by atoms with Crippen LogP contribution in [0.25, 0.3) is 0 Å². The second-order valence-corrected chi connectivity index (χ2v) is 12.5. The van der Waals surface area contributed by atoms with Crippen molar-refractivity contribution in [3.8, 4) is 0 Å². The van der Waals surface area contributed by atoms with E-state index < -0.39 is 17.3 Å². The number of nitrogens with one attached hydrogen (secondary N) is 4. The number of rotatable bonds is 9. The van der Waals surface area contributed by atoms with Gasteiger partial charge in [-0.25, -0.2) is 4.79 Å². The summed E-state index contributed by atoms with van der Waals surface area (Å²) in [5, 5.41) is 16.9. The molecule has 2 amide bonds. The third-order valence-corrected chi connectivity index (χ3v) is 6.53. The van der Waals surface area contributed by atoms with Crippen LogP contribution in [0.4, 0.5) is 16.2 Å². The summed E-state index contributed by atoms with van der Waals surface area (Å²) in [6.07, 6.45) is 2.88. The molecule has 42 heavy (non-hydrogen) atoms. The summed E-state index contributed by atoms with van der Waals surface area (Å²) in [7, 11) is 0. The van der Waals surface area contributed by atoms with Crippen LogP contribution >= 0.6 is 0 Å². The molecular formula is C32H45N5O5. The Balaban J connectivity index is 1.57. The first-order chi connectivity index (χ1) is 19.7. The lowest BCUT2D eigenvalue weighted by atomic mass is 10.0. The maximum Gasteiger partial charge on any atom is 0.413 e. The third kappa shape index (κ3) is 10.8. The molecule has 2 aromatic rings. The summed E-state index contributed by atoms with van der Waals surface area (Å²) in [4.78, 5) is 39.8. The highest BCUT2D eigenvalue weighted by Crippen LogP contribution is 2.22. The van der Waals surface area contributed by atoms with Crippen molar-refractivity contribution < 1.29 is 23.9 Å².